The van der Waals surface area contributed by atoms with E-state index in [0.29, 0.717) is 29.7 Å². The lowest BCUT2D eigenvalue weighted by Crippen LogP contribution is -1.91. The van der Waals surface area contributed by atoms with Gasteiger partial charge in [-0.15, -0.1) is 11.6 Å². The van der Waals surface area contributed by atoms with E-state index >= 15 is 0 Å². The molecule has 0 aromatic heterocycles. The van der Waals surface area contributed by atoms with Crippen LogP contribution in [0.15, 0.2) is 12.1 Å². The zero-order valence-corrected chi connectivity index (χ0v) is 9.54. The number of ether oxygens (including phenoxy) is 1. The second kappa shape index (κ2) is 6.04. The van der Waals surface area contributed by atoms with Gasteiger partial charge in [0.05, 0.1) is 7.11 Å². The third-order valence-electron chi connectivity index (χ3n) is 1.92. The predicted octanol–water partition coefficient (Wildman–Crippen LogP) is 2.19. The van der Waals surface area contributed by atoms with Crippen LogP contribution in [0.1, 0.15) is 22.3 Å². The standard InChI is InChI=1S/C12H11ClO3/c1-16-12-7-10(8-14)9(6-11(12)15)4-2-3-5-13/h6-8,15H,3,5H2,1H3. The minimum Gasteiger partial charge on any atom is -0.504 e. The van der Waals surface area contributed by atoms with Gasteiger partial charge in [-0.3, -0.25) is 4.79 Å². The Morgan fingerprint density at radius 2 is 2.31 bits per heavy atom. The van der Waals surface area contributed by atoms with E-state index in [9.17, 15) is 9.90 Å². The Kier molecular flexibility index (Phi) is 4.68. The van der Waals surface area contributed by atoms with Crippen LogP contribution in [0.25, 0.3) is 0 Å². The quantitative estimate of drug-likeness (QED) is 0.499. The fourth-order valence-corrected chi connectivity index (χ4v) is 1.25. The molecule has 4 heteroatoms. The maximum atomic E-state index is 10.8. The lowest BCUT2D eigenvalue weighted by molar-refractivity contribution is 0.112. The van der Waals surface area contributed by atoms with Crippen molar-refractivity contribution in [2.75, 3.05) is 13.0 Å². The van der Waals surface area contributed by atoms with Crippen LogP contribution in [0.2, 0.25) is 0 Å². The number of phenolic OH excluding ortho intramolecular Hbond substituents is 1. The molecule has 0 radical (unpaired) electrons. The number of alkyl halides is 1. The summed E-state index contributed by atoms with van der Waals surface area (Å²) in [4.78, 5) is 10.8. The minimum atomic E-state index is -0.0386. The third kappa shape index (κ3) is 2.91. The molecule has 0 saturated carbocycles. The molecule has 0 unspecified atom stereocenters. The fraction of sp³-hybridized carbons (Fsp3) is 0.250. The first-order valence-electron chi connectivity index (χ1n) is 4.64. The normalized spacial score (nSPS) is 9.12. The van der Waals surface area contributed by atoms with Gasteiger partial charge in [0.15, 0.2) is 17.8 Å². The summed E-state index contributed by atoms with van der Waals surface area (Å²) >= 11 is 5.48. The number of aromatic hydroxyl groups is 1. The number of carbonyl (C=O) groups is 1. The first kappa shape index (κ1) is 12.4. The summed E-state index contributed by atoms with van der Waals surface area (Å²) in [5.74, 6) is 6.23. The molecule has 3 nitrogen and oxygen atoms in total. The van der Waals surface area contributed by atoms with Gasteiger partial charge in [-0.25, -0.2) is 0 Å². The molecule has 1 rings (SSSR count). The molecule has 0 heterocycles. The predicted molar refractivity (Wildman–Crippen MR) is 62.3 cm³/mol. The molecular formula is C12H11ClO3. The zero-order valence-electron chi connectivity index (χ0n) is 8.79. The van der Waals surface area contributed by atoms with Crippen LogP contribution in [0, 0.1) is 11.8 Å². The average Bonchev–Trinajstić information content (AvgIpc) is 2.30. The van der Waals surface area contributed by atoms with Crippen LogP contribution < -0.4 is 4.74 Å². The minimum absolute atomic E-state index is 0.0386. The smallest absolute Gasteiger partial charge is 0.161 e. The topological polar surface area (TPSA) is 46.5 Å². The van der Waals surface area contributed by atoms with Gasteiger partial charge in [-0.1, -0.05) is 11.8 Å². The summed E-state index contributed by atoms with van der Waals surface area (Å²) in [5.41, 5.74) is 0.857. The number of rotatable bonds is 3. The highest BCUT2D eigenvalue weighted by Crippen LogP contribution is 2.28. The van der Waals surface area contributed by atoms with Crippen LogP contribution in [-0.4, -0.2) is 24.4 Å². The van der Waals surface area contributed by atoms with Gasteiger partial charge in [0.1, 0.15) is 0 Å². The maximum absolute atomic E-state index is 10.8. The van der Waals surface area contributed by atoms with Gasteiger partial charge in [0.25, 0.3) is 0 Å². The van der Waals surface area contributed by atoms with Gasteiger partial charge in [0, 0.05) is 29.5 Å². The molecular weight excluding hydrogens is 228 g/mol. The average molecular weight is 239 g/mol. The summed E-state index contributed by atoms with van der Waals surface area (Å²) in [5, 5.41) is 9.53. The van der Waals surface area contributed by atoms with Crippen LogP contribution in [0.3, 0.4) is 0 Å². The van der Waals surface area contributed by atoms with Crippen molar-refractivity contribution >= 4 is 17.9 Å². The number of methoxy groups -OCH3 is 1. The summed E-state index contributed by atoms with van der Waals surface area (Å²) in [6.45, 7) is 0. The van der Waals surface area contributed by atoms with Gasteiger partial charge < -0.3 is 9.84 Å². The number of hydrogen-bond donors (Lipinski definition) is 1. The van der Waals surface area contributed by atoms with E-state index in [0.717, 1.165) is 0 Å². The molecule has 0 aliphatic rings. The molecule has 0 bridgehead atoms. The Hall–Kier alpha value is -1.66. The monoisotopic (exact) mass is 238 g/mol. The SMILES string of the molecule is COc1cc(C=O)c(C#CCCCl)cc1O. The molecule has 0 saturated heterocycles. The summed E-state index contributed by atoms with van der Waals surface area (Å²) in [6, 6.07) is 2.86. The van der Waals surface area contributed by atoms with Crippen molar-refractivity contribution in [1.82, 2.24) is 0 Å². The Balaban J connectivity index is 3.14. The number of phenols is 1. The molecule has 0 aliphatic heterocycles. The molecule has 84 valence electrons. The molecule has 0 aliphatic carbocycles. The van der Waals surface area contributed by atoms with Crippen LogP contribution in [0.4, 0.5) is 0 Å². The highest BCUT2D eigenvalue weighted by atomic mass is 35.5. The number of carbonyl (C=O) groups excluding carboxylic acids is 1. The Morgan fingerprint density at radius 3 is 2.88 bits per heavy atom. The second-order valence-corrected chi connectivity index (χ2v) is 3.35. The van der Waals surface area contributed by atoms with E-state index in [2.05, 4.69) is 11.8 Å². The molecule has 1 aromatic carbocycles. The summed E-state index contributed by atoms with van der Waals surface area (Å²) in [6.07, 6.45) is 1.21. The molecule has 0 atom stereocenters. The Bertz CT molecular complexity index is 444. The van der Waals surface area contributed by atoms with Crippen molar-refractivity contribution in [3.63, 3.8) is 0 Å². The number of aldehydes is 1. The van der Waals surface area contributed by atoms with Crippen molar-refractivity contribution in [2.45, 2.75) is 6.42 Å². The van der Waals surface area contributed by atoms with Gasteiger partial charge >= 0.3 is 0 Å². The van der Waals surface area contributed by atoms with Crippen molar-refractivity contribution in [1.29, 1.82) is 0 Å². The van der Waals surface area contributed by atoms with E-state index in [-0.39, 0.29) is 11.5 Å². The van der Waals surface area contributed by atoms with E-state index in [4.69, 9.17) is 16.3 Å². The van der Waals surface area contributed by atoms with Crippen molar-refractivity contribution in [3.8, 4) is 23.3 Å². The molecule has 16 heavy (non-hydrogen) atoms. The zero-order chi connectivity index (χ0) is 12.0. The highest BCUT2D eigenvalue weighted by molar-refractivity contribution is 6.18. The molecule has 0 fully saturated rings. The molecule has 0 spiro atoms. The number of halogens is 1. The molecule has 1 aromatic rings. The first-order chi connectivity index (χ1) is 7.72. The molecule has 0 amide bonds. The van der Waals surface area contributed by atoms with E-state index in [1.807, 2.05) is 0 Å². The largest absolute Gasteiger partial charge is 0.504 e. The first-order valence-corrected chi connectivity index (χ1v) is 5.17. The van der Waals surface area contributed by atoms with Crippen LogP contribution in [-0.2, 0) is 0 Å². The fourth-order valence-electron chi connectivity index (χ4n) is 1.16. The lowest BCUT2D eigenvalue weighted by Gasteiger charge is -2.05. The number of hydrogen-bond acceptors (Lipinski definition) is 3. The summed E-state index contributed by atoms with van der Waals surface area (Å²) in [7, 11) is 1.42. The Morgan fingerprint density at radius 1 is 1.56 bits per heavy atom. The molecule has 1 N–H and O–H groups in total. The van der Waals surface area contributed by atoms with Crippen molar-refractivity contribution in [3.05, 3.63) is 23.3 Å². The van der Waals surface area contributed by atoms with Crippen LogP contribution >= 0.6 is 11.6 Å². The van der Waals surface area contributed by atoms with Crippen molar-refractivity contribution in [2.24, 2.45) is 0 Å². The Labute approximate surface area is 99.0 Å². The second-order valence-electron chi connectivity index (χ2n) is 2.97. The number of benzene rings is 1. The van der Waals surface area contributed by atoms with E-state index in [1.54, 1.807) is 0 Å². The van der Waals surface area contributed by atoms with Gasteiger partial charge in [0.2, 0.25) is 0 Å². The maximum Gasteiger partial charge on any atom is 0.161 e. The van der Waals surface area contributed by atoms with Gasteiger partial charge in [-0.05, 0) is 6.07 Å². The summed E-state index contributed by atoms with van der Waals surface area (Å²) < 4.78 is 4.89. The third-order valence-corrected chi connectivity index (χ3v) is 2.11. The van der Waals surface area contributed by atoms with Crippen molar-refractivity contribution < 1.29 is 14.6 Å². The van der Waals surface area contributed by atoms with E-state index < -0.39 is 0 Å². The highest BCUT2D eigenvalue weighted by Gasteiger charge is 2.07. The lowest BCUT2D eigenvalue weighted by atomic mass is 10.1. The van der Waals surface area contributed by atoms with Crippen LogP contribution in [0.5, 0.6) is 11.5 Å². The van der Waals surface area contributed by atoms with Gasteiger partial charge in [-0.2, -0.15) is 0 Å². The van der Waals surface area contributed by atoms with E-state index in [1.165, 1.54) is 19.2 Å².